The van der Waals surface area contributed by atoms with E-state index in [1.807, 2.05) is 0 Å². The Balaban J connectivity index is 3.18. The molecule has 0 aromatic carbocycles. The minimum Gasteiger partial charge on any atom is -0.465 e. The minimum atomic E-state index is -1.39. The average molecular weight is 120 g/mol. The molecule has 0 unspecified atom stereocenters. The van der Waals surface area contributed by atoms with Gasteiger partial charge >= 0.3 is 6.09 Å². The molecule has 0 spiro atoms. The Bertz CT molecular complexity index is 96.6. The molecule has 0 aromatic heterocycles. The number of nitrogens with one attached hydrogen (secondary N) is 1. The molecule has 0 heterocycles. The van der Waals surface area contributed by atoms with Crippen molar-refractivity contribution in [1.29, 1.82) is 0 Å². The van der Waals surface area contributed by atoms with Gasteiger partial charge in [0.1, 0.15) is 0 Å². The van der Waals surface area contributed by atoms with Crippen LogP contribution in [0.2, 0.25) is 0 Å². The van der Waals surface area contributed by atoms with E-state index in [-0.39, 0.29) is 0 Å². The van der Waals surface area contributed by atoms with E-state index in [2.05, 4.69) is 0 Å². The SMILES string of the molecule is O=C(O)NC[N+](=O)[O-]. The van der Waals surface area contributed by atoms with Crippen molar-refractivity contribution in [3.63, 3.8) is 0 Å². The predicted molar refractivity (Wildman–Crippen MR) is 23.0 cm³/mol. The van der Waals surface area contributed by atoms with Crippen molar-refractivity contribution in [2.24, 2.45) is 0 Å². The van der Waals surface area contributed by atoms with Crippen LogP contribution in [0.15, 0.2) is 0 Å². The molecule has 0 aliphatic heterocycles. The van der Waals surface area contributed by atoms with Crippen LogP contribution in [-0.4, -0.2) is 22.8 Å². The fourth-order valence-corrected chi connectivity index (χ4v) is 0.132. The molecule has 6 heteroatoms. The van der Waals surface area contributed by atoms with Crippen molar-refractivity contribution < 1.29 is 14.8 Å². The summed E-state index contributed by atoms with van der Waals surface area (Å²) in [5.74, 6) is 0. The molecule has 2 N–H and O–H groups in total. The third-order valence-corrected chi connectivity index (χ3v) is 0.359. The molecule has 0 aliphatic rings. The van der Waals surface area contributed by atoms with Crippen molar-refractivity contribution in [2.45, 2.75) is 0 Å². The van der Waals surface area contributed by atoms with Crippen LogP contribution < -0.4 is 5.32 Å². The highest BCUT2D eigenvalue weighted by Gasteiger charge is 1.97. The Kier molecular flexibility index (Phi) is 2.32. The number of hydrogen-bond acceptors (Lipinski definition) is 3. The van der Waals surface area contributed by atoms with E-state index in [9.17, 15) is 14.9 Å². The molecule has 1 amide bonds. The lowest BCUT2D eigenvalue weighted by Crippen LogP contribution is -2.26. The fourth-order valence-electron chi connectivity index (χ4n) is 0.132. The number of carboxylic acid groups (broad SMARTS) is 1. The summed E-state index contributed by atoms with van der Waals surface area (Å²) in [5.41, 5.74) is 0. The Morgan fingerprint density at radius 3 is 2.50 bits per heavy atom. The van der Waals surface area contributed by atoms with Crippen LogP contribution in [0.4, 0.5) is 4.79 Å². The van der Waals surface area contributed by atoms with Crippen LogP contribution in [0.3, 0.4) is 0 Å². The third kappa shape index (κ3) is 4.67. The van der Waals surface area contributed by atoms with Gasteiger partial charge in [-0.3, -0.25) is 15.4 Å². The van der Waals surface area contributed by atoms with Gasteiger partial charge < -0.3 is 5.11 Å². The summed E-state index contributed by atoms with van der Waals surface area (Å²) in [4.78, 5) is 18.1. The number of hydrogen-bond donors (Lipinski definition) is 2. The lowest BCUT2D eigenvalue weighted by atomic mass is 11.0. The summed E-state index contributed by atoms with van der Waals surface area (Å²) >= 11 is 0. The smallest absolute Gasteiger partial charge is 0.409 e. The summed E-state index contributed by atoms with van der Waals surface area (Å²) in [6, 6.07) is 0. The molecule has 0 radical (unpaired) electrons. The Labute approximate surface area is 44.3 Å². The Hall–Kier alpha value is -1.33. The molecule has 0 fully saturated rings. The second-order valence-electron chi connectivity index (χ2n) is 0.973. The van der Waals surface area contributed by atoms with Gasteiger partial charge in [-0.2, -0.15) is 0 Å². The second-order valence-corrected chi connectivity index (χ2v) is 0.973. The summed E-state index contributed by atoms with van der Waals surface area (Å²) in [6.07, 6.45) is -1.39. The Morgan fingerprint density at radius 1 is 1.88 bits per heavy atom. The molecule has 8 heavy (non-hydrogen) atoms. The van der Waals surface area contributed by atoms with Gasteiger partial charge in [-0.1, -0.05) is 0 Å². The zero-order chi connectivity index (χ0) is 6.57. The van der Waals surface area contributed by atoms with Gasteiger partial charge in [-0.15, -0.1) is 0 Å². The number of amides is 1. The van der Waals surface area contributed by atoms with Gasteiger partial charge in [0, 0.05) is 4.92 Å². The number of nitro groups is 1. The normalized spacial score (nSPS) is 8.00. The van der Waals surface area contributed by atoms with Crippen molar-refractivity contribution in [1.82, 2.24) is 5.32 Å². The van der Waals surface area contributed by atoms with Crippen LogP contribution in [0.5, 0.6) is 0 Å². The lowest BCUT2D eigenvalue weighted by Gasteiger charge is -1.89. The van der Waals surface area contributed by atoms with Gasteiger partial charge in [-0.25, -0.2) is 4.79 Å². The van der Waals surface area contributed by atoms with Gasteiger partial charge in [0.05, 0.1) is 0 Å². The van der Waals surface area contributed by atoms with E-state index >= 15 is 0 Å². The van der Waals surface area contributed by atoms with Crippen molar-refractivity contribution in [2.75, 3.05) is 6.67 Å². The van der Waals surface area contributed by atoms with Gasteiger partial charge in [-0.05, 0) is 0 Å². The number of carbonyl (C=O) groups is 1. The molecule has 0 rings (SSSR count). The Morgan fingerprint density at radius 2 is 2.38 bits per heavy atom. The first-order valence-corrected chi connectivity index (χ1v) is 1.71. The molecule has 46 valence electrons. The zero-order valence-electron chi connectivity index (χ0n) is 3.83. The summed E-state index contributed by atoms with van der Waals surface area (Å²) in [6.45, 7) is -0.741. The maximum Gasteiger partial charge on any atom is 0.409 e. The zero-order valence-corrected chi connectivity index (χ0v) is 3.83. The fraction of sp³-hybridized carbons (Fsp3) is 0.500. The van der Waals surface area contributed by atoms with Crippen LogP contribution in [0.1, 0.15) is 0 Å². The highest BCUT2D eigenvalue weighted by Crippen LogP contribution is 1.61. The molecule has 0 saturated carbocycles. The van der Waals surface area contributed by atoms with Gasteiger partial charge in [0.2, 0.25) is 0 Å². The van der Waals surface area contributed by atoms with Crippen LogP contribution >= 0.6 is 0 Å². The predicted octanol–water partition coefficient (Wildman–Crippen LogP) is -0.512. The molecular weight excluding hydrogens is 116 g/mol. The van der Waals surface area contributed by atoms with Crippen molar-refractivity contribution in [3.05, 3.63) is 10.1 Å². The first-order chi connectivity index (χ1) is 3.63. The summed E-state index contributed by atoms with van der Waals surface area (Å²) < 4.78 is 0. The molecule has 0 bridgehead atoms. The van der Waals surface area contributed by atoms with E-state index in [1.54, 1.807) is 5.32 Å². The maximum atomic E-state index is 9.49. The van der Waals surface area contributed by atoms with Crippen molar-refractivity contribution >= 4 is 6.09 Å². The van der Waals surface area contributed by atoms with Crippen LogP contribution in [0, 0.1) is 10.1 Å². The molecule has 0 aliphatic carbocycles. The third-order valence-electron chi connectivity index (χ3n) is 0.359. The quantitative estimate of drug-likeness (QED) is 0.291. The molecule has 0 aromatic rings. The van der Waals surface area contributed by atoms with E-state index in [4.69, 9.17) is 5.11 Å². The van der Waals surface area contributed by atoms with E-state index in [1.165, 1.54) is 0 Å². The largest absolute Gasteiger partial charge is 0.465 e. The number of rotatable bonds is 2. The van der Waals surface area contributed by atoms with Crippen molar-refractivity contribution in [3.8, 4) is 0 Å². The highest BCUT2D eigenvalue weighted by molar-refractivity contribution is 5.63. The van der Waals surface area contributed by atoms with Crippen LogP contribution in [-0.2, 0) is 0 Å². The lowest BCUT2D eigenvalue weighted by molar-refractivity contribution is -0.483. The molecule has 0 saturated heterocycles. The van der Waals surface area contributed by atoms with E-state index in [0.29, 0.717) is 0 Å². The summed E-state index contributed by atoms with van der Waals surface area (Å²) in [7, 11) is 0. The first-order valence-electron chi connectivity index (χ1n) is 1.71. The van der Waals surface area contributed by atoms with E-state index < -0.39 is 17.7 Å². The topological polar surface area (TPSA) is 92.5 Å². The van der Waals surface area contributed by atoms with Crippen LogP contribution in [0.25, 0.3) is 0 Å². The molecule has 0 atom stereocenters. The molecular formula is C2H4N2O4. The average Bonchev–Trinajstić information content (AvgIpc) is 1.61. The number of nitrogens with zero attached hydrogens (tertiary/aromatic N) is 1. The maximum absolute atomic E-state index is 9.49. The van der Waals surface area contributed by atoms with Gasteiger partial charge in [0.25, 0.3) is 6.67 Å². The molecule has 6 nitrogen and oxygen atoms in total. The van der Waals surface area contributed by atoms with E-state index in [0.717, 1.165) is 0 Å². The second kappa shape index (κ2) is 2.78. The first kappa shape index (κ1) is 6.67. The van der Waals surface area contributed by atoms with Gasteiger partial charge in [0.15, 0.2) is 0 Å². The highest BCUT2D eigenvalue weighted by atomic mass is 16.6. The monoisotopic (exact) mass is 120 g/mol. The minimum absolute atomic E-state index is 0.741. The standard InChI is InChI=1S/C2H4N2O4/c5-2(6)3-1-4(7)8/h3H,1H2,(H,5,6). The summed E-state index contributed by atoms with van der Waals surface area (Å²) in [5, 5.41) is 18.7.